The summed E-state index contributed by atoms with van der Waals surface area (Å²) in [7, 11) is 1.75. The van der Waals surface area contributed by atoms with Gasteiger partial charge in [-0.2, -0.15) is 0 Å². The van der Waals surface area contributed by atoms with E-state index in [-0.39, 0.29) is 17.9 Å². The highest BCUT2D eigenvalue weighted by Gasteiger charge is 2.09. The molecule has 0 atom stereocenters. The van der Waals surface area contributed by atoms with Gasteiger partial charge in [0.05, 0.1) is 11.8 Å². The van der Waals surface area contributed by atoms with Crippen molar-refractivity contribution in [3.8, 4) is 5.75 Å². The number of hydrogen-bond acceptors (Lipinski definition) is 5. The largest absolute Gasteiger partial charge is 0.487 e. The predicted octanol–water partition coefficient (Wildman–Crippen LogP) is 0.674. The lowest BCUT2D eigenvalue weighted by atomic mass is 10.2. The minimum atomic E-state index is -1.09. The summed E-state index contributed by atoms with van der Waals surface area (Å²) in [5, 5.41) is 16.5. The minimum absolute atomic E-state index is 0.0200. The van der Waals surface area contributed by atoms with Crippen molar-refractivity contribution in [3.05, 3.63) is 35.7 Å². The Hall–Kier alpha value is -2.57. The molecule has 3 N–H and O–H groups in total. The number of nitrogens with two attached hydrogens (primary N) is 1. The van der Waals surface area contributed by atoms with Gasteiger partial charge >= 0.3 is 5.97 Å². The molecule has 0 spiro atoms. The third-order valence-electron chi connectivity index (χ3n) is 2.29. The van der Waals surface area contributed by atoms with Gasteiger partial charge in [0.25, 0.3) is 0 Å². The van der Waals surface area contributed by atoms with Gasteiger partial charge in [-0.1, -0.05) is 5.21 Å². The van der Waals surface area contributed by atoms with Crippen molar-refractivity contribution >= 4 is 11.7 Å². The molecule has 1 aromatic carbocycles. The Bertz CT molecular complexity index is 579. The Labute approximate surface area is 103 Å². The SMILES string of the molecule is Cn1cc(COc2ccc(N)c(C(=O)O)c2)nn1. The number of nitrogens with zero attached hydrogens (tertiary/aromatic N) is 3. The summed E-state index contributed by atoms with van der Waals surface area (Å²) in [6.45, 7) is 0.219. The fourth-order valence-corrected chi connectivity index (χ4v) is 1.43. The van der Waals surface area contributed by atoms with Gasteiger partial charge in [0.2, 0.25) is 0 Å². The number of rotatable bonds is 4. The van der Waals surface area contributed by atoms with Gasteiger partial charge in [-0.15, -0.1) is 5.10 Å². The number of hydrogen-bond donors (Lipinski definition) is 2. The molecule has 2 rings (SSSR count). The standard InChI is InChI=1S/C11H12N4O3/c1-15-5-7(13-14-15)6-18-8-2-3-10(12)9(4-8)11(16)17/h2-5H,6,12H2,1H3,(H,16,17). The molecule has 0 amide bonds. The smallest absolute Gasteiger partial charge is 0.337 e. The van der Waals surface area contributed by atoms with Crippen LogP contribution in [0.15, 0.2) is 24.4 Å². The molecule has 0 radical (unpaired) electrons. The van der Waals surface area contributed by atoms with Crippen LogP contribution in [0.2, 0.25) is 0 Å². The monoisotopic (exact) mass is 248 g/mol. The average Bonchev–Trinajstić information content (AvgIpc) is 2.74. The Balaban J connectivity index is 2.10. The first-order valence-electron chi connectivity index (χ1n) is 5.17. The molecular weight excluding hydrogens is 236 g/mol. The normalized spacial score (nSPS) is 10.3. The number of carbonyl (C=O) groups is 1. The Morgan fingerprint density at radius 2 is 2.33 bits per heavy atom. The average molecular weight is 248 g/mol. The van der Waals surface area contributed by atoms with Crippen LogP contribution in [0.4, 0.5) is 5.69 Å². The van der Waals surface area contributed by atoms with Gasteiger partial charge in [0, 0.05) is 12.7 Å². The van der Waals surface area contributed by atoms with Crippen molar-refractivity contribution in [3.63, 3.8) is 0 Å². The topological polar surface area (TPSA) is 103 Å². The summed E-state index contributed by atoms with van der Waals surface area (Å²) < 4.78 is 6.98. The van der Waals surface area contributed by atoms with Crippen molar-refractivity contribution in [1.82, 2.24) is 15.0 Å². The molecular formula is C11H12N4O3. The molecule has 94 valence electrons. The lowest BCUT2D eigenvalue weighted by molar-refractivity contribution is 0.0697. The molecule has 18 heavy (non-hydrogen) atoms. The molecule has 7 nitrogen and oxygen atoms in total. The molecule has 0 unspecified atom stereocenters. The van der Waals surface area contributed by atoms with Crippen molar-refractivity contribution in [2.45, 2.75) is 6.61 Å². The van der Waals surface area contributed by atoms with Crippen LogP contribution in [0.5, 0.6) is 5.75 Å². The van der Waals surface area contributed by atoms with E-state index in [9.17, 15) is 4.79 Å². The van der Waals surface area contributed by atoms with E-state index < -0.39 is 5.97 Å². The van der Waals surface area contributed by atoms with Gasteiger partial charge < -0.3 is 15.6 Å². The van der Waals surface area contributed by atoms with E-state index in [2.05, 4.69) is 10.3 Å². The summed E-state index contributed by atoms with van der Waals surface area (Å²) in [5.74, 6) is -0.662. The summed E-state index contributed by atoms with van der Waals surface area (Å²) in [4.78, 5) is 10.9. The second-order valence-electron chi connectivity index (χ2n) is 3.73. The second kappa shape index (κ2) is 4.74. The number of carboxylic acids is 1. The molecule has 2 aromatic rings. The third kappa shape index (κ3) is 2.57. The zero-order valence-corrected chi connectivity index (χ0v) is 9.70. The van der Waals surface area contributed by atoms with E-state index in [4.69, 9.17) is 15.6 Å². The highest BCUT2D eigenvalue weighted by molar-refractivity contribution is 5.94. The Morgan fingerprint density at radius 3 is 2.94 bits per heavy atom. The van der Waals surface area contributed by atoms with E-state index >= 15 is 0 Å². The Morgan fingerprint density at radius 1 is 1.56 bits per heavy atom. The summed E-state index contributed by atoms with van der Waals surface area (Å²) in [6, 6.07) is 4.49. The maximum Gasteiger partial charge on any atom is 0.337 e. The minimum Gasteiger partial charge on any atom is -0.487 e. The molecule has 0 aliphatic rings. The van der Waals surface area contributed by atoms with Crippen LogP contribution in [0.1, 0.15) is 16.1 Å². The fourth-order valence-electron chi connectivity index (χ4n) is 1.43. The van der Waals surface area contributed by atoms with Gasteiger partial charge in [-0.05, 0) is 18.2 Å². The quantitative estimate of drug-likeness (QED) is 0.771. The molecule has 7 heteroatoms. The van der Waals surface area contributed by atoms with Crippen LogP contribution in [0, 0.1) is 0 Å². The lowest BCUT2D eigenvalue weighted by Gasteiger charge is -2.06. The van der Waals surface area contributed by atoms with Crippen molar-refractivity contribution < 1.29 is 14.6 Å². The number of benzene rings is 1. The highest BCUT2D eigenvalue weighted by Crippen LogP contribution is 2.20. The number of aromatic nitrogens is 3. The van der Waals surface area contributed by atoms with Crippen molar-refractivity contribution in [2.75, 3.05) is 5.73 Å². The van der Waals surface area contributed by atoms with Crippen molar-refractivity contribution in [2.24, 2.45) is 7.05 Å². The third-order valence-corrected chi connectivity index (χ3v) is 2.29. The van der Waals surface area contributed by atoms with E-state index in [1.807, 2.05) is 0 Å². The predicted molar refractivity (Wildman–Crippen MR) is 63.1 cm³/mol. The van der Waals surface area contributed by atoms with Crippen LogP contribution < -0.4 is 10.5 Å². The molecule has 0 aliphatic heterocycles. The first-order chi connectivity index (χ1) is 8.56. The molecule has 0 fully saturated rings. The number of nitrogen functional groups attached to an aromatic ring is 1. The van der Waals surface area contributed by atoms with E-state index in [1.165, 1.54) is 12.1 Å². The number of aryl methyl sites for hydroxylation is 1. The molecule has 0 aliphatic carbocycles. The van der Waals surface area contributed by atoms with E-state index in [0.29, 0.717) is 11.4 Å². The van der Waals surface area contributed by atoms with Gasteiger partial charge in [-0.25, -0.2) is 4.79 Å². The number of carboxylic acid groups (broad SMARTS) is 1. The Kier molecular flexibility index (Phi) is 3.13. The second-order valence-corrected chi connectivity index (χ2v) is 3.73. The maximum absolute atomic E-state index is 10.9. The van der Waals surface area contributed by atoms with Crippen LogP contribution in [-0.4, -0.2) is 26.1 Å². The van der Waals surface area contributed by atoms with Gasteiger partial charge in [0.15, 0.2) is 0 Å². The summed E-state index contributed by atoms with van der Waals surface area (Å²) >= 11 is 0. The van der Waals surface area contributed by atoms with Crippen LogP contribution in [0.25, 0.3) is 0 Å². The number of anilines is 1. The van der Waals surface area contributed by atoms with Crippen molar-refractivity contribution in [1.29, 1.82) is 0 Å². The summed E-state index contributed by atoms with van der Waals surface area (Å²) in [5.41, 5.74) is 6.42. The first kappa shape index (κ1) is 11.9. The summed E-state index contributed by atoms with van der Waals surface area (Å²) in [6.07, 6.45) is 1.72. The fraction of sp³-hybridized carbons (Fsp3) is 0.182. The zero-order valence-electron chi connectivity index (χ0n) is 9.70. The van der Waals surface area contributed by atoms with Crippen LogP contribution in [-0.2, 0) is 13.7 Å². The molecule has 1 aromatic heterocycles. The van der Waals surface area contributed by atoms with Gasteiger partial charge in [0.1, 0.15) is 18.1 Å². The molecule has 0 saturated carbocycles. The van der Waals surface area contributed by atoms with E-state index in [1.54, 1.807) is 24.0 Å². The van der Waals surface area contributed by atoms with Crippen LogP contribution >= 0.6 is 0 Å². The maximum atomic E-state index is 10.9. The lowest BCUT2D eigenvalue weighted by Crippen LogP contribution is -2.03. The zero-order chi connectivity index (χ0) is 13.1. The van der Waals surface area contributed by atoms with E-state index in [0.717, 1.165) is 0 Å². The van der Waals surface area contributed by atoms with Gasteiger partial charge in [-0.3, -0.25) is 4.68 Å². The van der Waals surface area contributed by atoms with Crippen LogP contribution in [0.3, 0.4) is 0 Å². The number of ether oxygens (including phenoxy) is 1. The molecule has 1 heterocycles. The number of aromatic carboxylic acids is 1. The first-order valence-corrected chi connectivity index (χ1v) is 5.17. The molecule has 0 saturated heterocycles. The molecule has 0 bridgehead atoms. The highest BCUT2D eigenvalue weighted by atomic mass is 16.5.